The van der Waals surface area contributed by atoms with Crippen LogP contribution in [0.5, 0.6) is 5.88 Å². The Kier molecular flexibility index (Phi) is 9.71. The quantitative estimate of drug-likeness (QED) is 0.218. The first-order valence-corrected chi connectivity index (χ1v) is 11.0. The number of nitrogens with zero attached hydrogens (tertiary/aromatic N) is 6. The standard InChI is InChI=1S/C25H31FN6O2/c1-6-20(9-10-21(16-27)19(4)26)22-17-29-32(25(22)34)23(28-5)11-8-18(3)24(33)31-14-12-30(7-2)13-15-31/h6,8-11,17,34H,3,7,12-15H2,1-2,4-5H3/b10-9-,11-8-,20-6-,21-19-,28-23+. The van der Waals surface area contributed by atoms with Crippen LogP contribution in [0.3, 0.4) is 0 Å². The van der Waals surface area contributed by atoms with Crippen molar-refractivity contribution in [3.05, 3.63) is 65.7 Å². The molecule has 0 atom stereocenters. The number of halogens is 1. The molecular weight excluding hydrogens is 435 g/mol. The molecular formula is C25H31FN6O2. The van der Waals surface area contributed by atoms with Gasteiger partial charge >= 0.3 is 0 Å². The van der Waals surface area contributed by atoms with Crippen molar-refractivity contribution < 1.29 is 14.3 Å². The molecule has 180 valence electrons. The van der Waals surface area contributed by atoms with E-state index in [2.05, 4.69) is 28.5 Å². The fraction of sp³-hybridized carbons (Fsp3) is 0.360. The normalized spacial score (nSPS) is 16.8. The van der Waals surface area contributed by atoms with E-state index in [1.165, 1.54) is 30.0 Å². The number of rotatable bonds is 7. The molecule has 34 heavy (non-hydrogen) atoms. The molecule has 0 bridgehead atoms. The van der Waals surface area contributed by atoms with Crippen molar-refractivity contribution in [2.24, 2.45) is 4.99 Å². The van der Waals surface area contributed by atoms with E-state index in [0.717, 1.165) is 19.6 Å². The van der Waals surface area contributed by atoms with Gasteiger partial charge in [-0.25, -0.2) is 4.39 Å². The number of carbonyl (C=O) groups is 1. The number of carbonyl (C=O) groups excluding carboxylic acids is 1. The van der Waals surface area contributed by atoms with E-state index in [9.17, 15) is 14.3 Å². The van der Waals surface area contributed by atoms with Gasteiger partial charge in [-0.1, -0.05) is 25.7 Å². The van der Waals surface area contributed by atoms with E-state index in [1.807, 2.05) is 0 Å². The molecule has 0 aliphatic carbocycles. The molecule has 1 aliphatic heterocycles. The van der Waals surface area contributed by atoms with Crippen LogP contribution < -0.4 is 0 Å². The van der Waals surface area contributed by atoms with E-state index in [-0.39, 0.29) is 17.4 Å². The van der Waals surface area contributed by atoms with E-state index < -0.39 is 5.83 Å². The lowest BCUT2D eigenvalue weighted by Gasteiger charge is -2.34. The second kappa shape index (κ2) is 12.5. The van der Waals surface area contributed by atoms with E-state index in [4.69, 9.17) is 5.26 Å². The molecule has 0 unspecified atom stereocenters. The molecule has 1 aromatic heterocycles. The fourth-order valence-electron chi connectivity index (χ4n) is 3.41. The van der Waals surface area contributed by atoms with Crippen LogP contribution in [0.25, 0.3) is 5.57 Å². The summed E-state index contributed by atoms with van der Waals surface area (Å²) in [5.41, 5.74) is 1.13. The smallest absolute Gasteiger partial charge is 0.253 e. The Morgan fingerprint density at radius 1 is 1.29 bits per heavy atom. The number of amides is 1. The zero-order valence-corrected chi connectivity index (χ0v) is 20.1. The summed E-state index contributed by atoms with van der Waals surface area (Å²) in [4.78, 5) is 20.9. The molecule has 8 nitrogen and oxygen atoms in total. The van der Waals surface area contributed by atoms with Crippen LogP contribution in [-0.2, 0) is 4.79 Å². The number of aromatic hydroxyl groups is 1. The van der Waals surface area contributed by atoms with Gasteiger partial charge in [0, 0.05) is 38.8 Å². The Morgan fingerprint density at radius 2 is 1.97 bits per heavy atom. The second-order valence-corrected chi connectivity index (χ2v) is 7.60. The highest BCUT2D eigenvalue weighted by Gasteiger charge is 2.21. The Bertz CT molecular complexity index is 1100. The molecule has 1 N–H and O–H groups in total. The molecule has 0 aromatic carbocycles. The zero-order valence-electron chi connectivity index (χ0n) is 20.1. The first-order chi connectivity index (χ1) is 16.3. The molecule has 1 aromatic rings. The number of hydrogen-bond acceptors (Lipinski definition) is 6. The van der Waals surface area contributed by atoms with Crippen molar-refractivity contribution in [2.75, 3.05) is 39.8 Å². The van der Waals surface area contributed by atoms with Gasteiger partial charge in [0.1, 0.15) is 11.9 Å². The highest BCUT2D eigenvalue weighted by molar-refractivity contribution is 6.00. The maximum Gasteiger partial charge on any atom is 0.253 e. The van der Waals surface area contributed by atoms with Gasteiger partial charge in [-0.2, -0.15) is 15.0 Å². The maximum absolute atomic E-state index is 13.4. The van der Waals surface area contributed by atoms with Gasteiger partial charge in [0.2, 0.25) is 5.88 Å². The van der Waals surface area contributed by atoms with Gasteiger partial charge in [-0.05, 0) is 44.2 Å². The summed E-state index contributed by atoms with van der Waals surface area (Å²) in [6, 6.07) is 1.78. The lowest BCUT2D eigenvalue weighted by atomic mass is 10.1. The number of hydrogen-bond donors (Lipinski definition) is 1. The van der Waals surface area contributed by atoms with Crippen LogP contribution in [0.2, 0.25) is 0 Å². The number of aliphatic imine (C=N–C) groups is 1. The van der Waals surface area contributed by atoms with Crippen molar-refractivity contribution >= 4 is 17.3 Å². The van der Waals surface area contributed by atoms with Crippen LogP contribution >= 0.6 is 0 Å². The minimum atomic E-state index is -0.596. The van der Waals surface area contributed by atoms with Crippen LogP contribution in [0.4, 0.5) is 4.39 Å². The number of likely N-dealkylation sites (N-methyl/N-ethyl adjacent to an activating group) is 1. The summed E-state index contributed by atoms with van der Waals surface area (Å²) in [5, 5.41) is 24.0. The van der Waals surface area contributed by atoms with Crippen LogP contribution in [0.15, 0.2) is 65.1 Å². The molecule has 2 heterocycles. The average molecular weight is 467 g/mol. The van der Waals surface area contributed by atoms with Crippen molar-refractivity contribution in [2.45, 2.75) is 20.8 Å². The van der Waals surface area contributed by atoms with Gasteiger partial charge in [0.25, 0.3) is 5.91 Å². The van der Waals surface area contributed by atoms with Crippen molar-refractivity contribution in [3.63, 3.8) is 0 Å². The monoisotopic (exact) mass is 466 g/mol. The molecule has 1 saturated heterocycles. The predicted molar refractivity (Wildman–Crippen MR) is 132 cm³/mol. The summed E-state index contributed by atoms with van der Waals surface area (Å²) in [6.07, 6.45) is 9.14. The van der Waals surface area contributed by atoms with E-state index in [1.54, 1.807) is 43.2 Å². The molecule has 0 spiro atoms. The lowest BCUT2D eigenvalue weighted by Crippen LogP contribution is -2.48. The van der Waals surface area contributed by atoms with Crippen LogP contribution in [0.1, 0.15) is 26.3 Å². The Hall–Kier alpha value is -3.77. The predicted octanol–water partition coefficient (Wildman–Crippen LogP) is 3.47. The topological polar surface area (TPSA) is 97.8 Å². The first-order valence-electron chi connectivity index (χ1n) is 11.0. The van der Waals surface area contributed by atoms with E-state index >= 15 is 0 Å². The highest BCUT2D eigenvalue weighted by atomic mass is 19.1. The Balaban J connectivity index is 2.18. The third kappa shape index (κ3) is 6.39. The van der Waals surface area contributed by atoms with Crippen LogP contribution in [-0.4, -0.2) is 76.2 Å². The highest BCUT2D eigenvalue weighted by Crippen LogP contribution is 2.27. The minimum Gasteiger partial charge on any atom is -0.493 e. The summed E-state index contributed by atoms with van der Waals surface area (Å²) in [5.74, 6) is -0.624. The van der Waals surface area contributed by atoms with Gasteiger partial charge in [-0.15, -0.1) is 0 Å². The maximum atomic E-state index is 13.4. The average Bonchev–Trinajstić information content (AvgIpc) is 3.22. The Morgan fingerprint density at radius 3 is 2.50 bits per heavy atom. The Labute approximate surface area is 200 Å². The number of allylic oxidation sites excluding steroid dienone is 7. The molecule has 9 heteroatoms. The SMILES string of the molecule is C=C(/C=C\C(=N/C)n1ncc(C(/C=C\C(C#N)=C(/C)F)=C\C)c1O)C(=O)N1CCN(CC)CC1. The van der Waals surface area contributed by atoms with Gasteiger partial charge in [0.15, 0.2) is 5.84 Å². The molecule has 2 rings (SSSR count). The second-order valence-electron chi connectivity index (χ2n) is 7.60. The number of nitriles is 1. The number of aromatic nitrogens is 2. The summed E-state index contributed by atoms with van der Waals surface area (Å²) in [7, 11) is 1.54. The van der Waals surface area contributed by atoms with Crippen molar-refractivity contribution in [1.82, 2.24) is 19.6 Å². The summed E-state index contributed by atoms with van der Waals surface area (Å²) < 4.78 is 14.6. The number of piperazine rings is 1. The van der Waals surface area contributed by atoms with Gasteiger partial charge < -0.3 is 14.9 Å². The first kappa shape index (κ1) is 26.5. The zero-order chi connectivity index (χ0) is 25.3. The molecule has 1 amide bonds. The third-order valence-corrected chi connectivity index (χ3v) is 5.55. The minimum absolute atomic E-state index is 0.107. The van der Waals surface area contributed by atoms with E-state index in [0.29, 0.717) is 35.6 Å². The van der Waals surface area contributed by atoms with Gasteiger partial charge in [-0.3, -0.25) is 9.79 Å². The largest absolute Gasteiger partial charge is 0.493 e. The third-order valence-electron chi connectivity index (χ3n) is 5.55. The lowest BCUT2D eigenvalue weighted by molar-refractivity contribution is -0.128. The molecule has 0 saturated carbocycles. The van der Waals surface area contributed by atoms with Crippen molar-refractivity contribution in [1.29, 1.82) is 5.26 Å². The molecule has 0 radical (unpaired) electrons. The summed E-state index contributed by atoms with van der Waals surface area (Å²) in [6.45, 7) is 12.9. The summed E-state index contributed by atoms with van der Waals surface area (Å²) >= 11 is 0. The molecule has 1 fully saturated rings. The fourth-order valence-corrected chi connectivity index (χ4v) is 3.41. The van der Waals surface area contributed by atoms with Crippen molar-refractivity contribution in [3.8, 4) is 11.9 Å². The molecule has 1 aliphatic rings. The van der Waals surface area contributed by atoms with Crippen LogP contribution in [0, 0.1) is 11.3 Å². The van der Waals surface area contributed by atoms with Gasteiger partial charge in [0.05, 0.1) is 17.3 Å².